The Morgan fingerprint density at radius 1 is 1.26 bits per heavy atom. The average molecular weight is 456 g/mol. The number of benzene rings is 2. The molecule has 1 atom stereocenters. The topological polar surface area (TPSA) is 99.6 Å². The van der Waals surface area contributed by atoms with Crippen LogP contribution in [0, 0.1) is 11.3 Å². The summed E-state index contributed by atoms with van der Waals surface area (Å²) in [4.78, 5) is 14.8. The van der Waals surface area contributed by atoms with Gasteiger partial charge in [0.15, 0.2) is 17.3 Å². The minimum absolute atomic E-state index is 0.0333. The average Bonchev–Trinajstić information content (AvgIpc) is 2.76. The summed E-state index contributed by atoms with van der Waals surface area (Å²) >= 11 is 12.7. The highest BCUT2D eigenvalue weighted by Crippen LogP contribution is 2.48. The number of ether oxygens (including phenoxy) is 1. The van der Waals surface area contributed by atoms with E-state index in [1.807, 2.05) is 0 Å². The van der Waals surface area contributed by atoms with Crippen LogP contribution in [0.5, 0.6) is 11.5 Å². The molecule has 1 aliphatic carbocycles. The van der Waals surface area contributed by atoms with E-state index >= 15 is 0 Å². The fraction of sp³-hybridized carbons (Fsp3) is 0.217. The monoisotopic (exact) mass is 455 g/mol. The number of nitrogens with two attached hydrogens (primary N) is 1. The molecule has 0 radical (unpaired) electrons. The SMILES string of the molecule is COc1cc(C2C(C#N)=C(N)N(c3cccc(Cl)c3Cl)C3=C2C(=O)CCC3)ccc1O. The van der Waals surface area contributed by atoms with Crippen molar-refractivity contribution in [2.45, 2.75) is 25.2 Å². The molecule has 0 amide bonds. The number of rotatable bonds is 3. The van der Waals surface area contributed by atoms with Crippen LogP contribution in [0.1, 0.15) is 30.7 Å². The zero-order valence-corrected chi connectivity index (χ0v) is 18.2. The smallest absolute Gasteiger partial charge is 0.161 e. The maximum absolute atomic E-state index is 13.1. The number of hydrogen-bond donors (Lipinski definition) is 2. The molecule has 2 aliphatic rings. The Hall–Kier alpha value is -3.14. The zero-order valence-electron chi connectivity index (χ0n) is 16.7. The first kappa shape index (κ1) is 21.1. The van der Waals surface area contributed by atoms with Crippen LogP contribution < -0.4 is 15.4 Å². The van der Waals surface area contributed by atoms with Gasteiger partial charge in [0, 0.05) is 17.7 Å². The number of methoxy groups -OCH3 is 1. The van der Waals surface area contributed by atoms with Crippen LogP contribution in [0.2, 0.25) is 10.0 Å². The van der Waals surface area contributed by atoms with Crippen LogP contribution >= 0.6 is 23.2 Å². The summed E-state index contributed by atoms with van der Waals surface area (Å²) < 4.78 is 5.23. The molecule has 3 N–H and O–H groups in total. The third-order valence-electron chi connectivity index (χ3n) is 5.62. The minimum atomic E-state index is -0.670. The van der Waals surface area contributed by atoms with E-state index in [2.05, 4.69) is 6.07 Å². The molecule has 0 saturated heterocycles. The van der Waals surface area contributed by atoms with Gasteiger partial charge in [0.25, 0.3) is 0 Å². The molecule has 1 heterocycles. The molecule has 0 saturated carbocycles. The number of nitrogens with zero attached hydrogens (tertiary/aromatic N) is 2. The molecule has 1 unspecified atom stereocenters. The number of halogens is 2. The number of anilines is 1. The predicted octanol–water partition coefficient (Wildman–Crippen LogP) is 5.01. The number of nitriles is 1. The van der Waals surface area contributed by atoms with Crippen molar-refractivity contribution in [1.82, 2.24) is 0 Å². The number of phenols is 1. The number of phenolic OH excluding ortho intramolecular Hbond substituents is 1. The molecule has 2 aromatic rings. The van der Waals surface area contributed by atoms with E-state index in [9.17, 15) is 15.2 Å². The van der Waals surface area contributed by atoms with Crippen LogP contribution in [-0.4, -0.2) is 18.0 Å². The quantitative estimate of drug-likeness (QED) is 0.674. The molecule has 158 valence electrons. The van der Waals surface area contributed by atoms with Crippen LogP contribution in [0.4, 0.5) is 5.69 Å². The number of allylic oxidation sites excluding steroid dienone is 3. The van der Waals surface area contributed by atoms with Gasteiger partial charge in [-0.2, -0.15) is 5.26 Å². The van der Waals surface area contributed by atoms with Crippen LogP contribution in [0.25, 0.3) is 0 Å². The third-order valence-corrected chi connectivity index (χ3v) is 6.43. The van der Waals surface area contributed by atoms with Crippen molar-refractivity contribution >= 4 is 34.7 Å². The van der Waals surface area contributed by atoms with Crippen LogP contribution in [-0.2, 0) is 4.79 Å². The molecule has 6 nitrogen and oxygen atoms in total. The maximum atomic E-state index is 13.1. The fourth-order valence-corrected chi connectivity index (χ4v) is 4.61. The standard InChI is InChI=1S/C23H19Cl2N3O3/c1-31-19-10-12(8-9-17(19)29)20-13(11-26)23(27)28(15-5-3-7-18(30)21(15)20)16-6-2-4-14(24)22(16)25/h2,4,6,8-10,20,29H,3,5,7,27H2,1H3. The first-order chi connectivity index (χ1) is 14.9. The summed E-state index contributed by atoms with van der Waals surface area (Å²) in [5.41, 5.74) is 9.09. The summed E-state index contributed by atoms with van der Waals surface area (Å²) in [7, 11) is 1.44. The second-order valence-electron chi connectivity index (χ2n) is 7.32. The van der Waals surface area contributed by atoms with Crippen molar-refractivity contribution in [3.8, 4) is 17.6 Å². The molecular weight excluding hydrogens is 437 g/mol. The number of carbonyl (C=O) groups excluding carboxylic acids is 1. The lowest BCUT2D eigenvalue weighted by atomic mass is 9.75. The zero-order chi connectivity index (χ0) is 22.3. The van der Waals surface area contributed by atoms with Crippen molar-refractivity contribution in [3.63, 3.8) is 0 Å². The molecular formula is C23H19Cl2N3O3. The normalized spacial score (nSPS) is 18.7. The molecule has 0 bridgehead atoms. The predicted molar refractivity (Wildman–Crippen MR) is 119 cm³/mol. The second-order valence-corrected chi connectivity index (χ2v) is 8.11. The van der Waals surface area contributed by atoms with Gasteiger partial charge in [-0.15, -0.1) is 0 Å². The molecule has 1 aliphatic heterocycles. The van der Waals surface area contributed by atoms with E-state index in [1.54, 1.807) is 35.2 Å². The van der Waals surface area contributed by atoms with Gasteiger partial charge < -0.3 is 15.6 Å². The van der Waals surface area contributed by atoms with Gasteiger partial charge in [-0.3, -0.25) is 9.69 Å². The molecule has 2 aromatic carbocycles. The molecule has 4 rings (SSSR count). The van der Waals surface area contributed by atoms with Crippen molar-refractivity contribution in [2.24, 2.45) is 5.73 Å². The van der Waals surface area contributed by atoms with Crippen molar-refractivity contribution in [1.29, 1.82) is 5.26 Å². The Morgan fingerprint density at radius 3 is 2.74 bits per heavy atom. The van der Waals surface area contributed by atoms with E-state index < -0.39 is 5.92 Å². The van der Waals surface area contributed by atoms with Crippen LogP contribution in [0.15, 0.2) is 59.1 Å². The highest BCUT2D eigenvalue weighted by Gasteiger charge is 2.41. The summed E-state index contributed by atoms with van der Waals surface area (Å²) in [5.74, 6) is -0.316. The van der Waals surface area contributed by atoms with Gasteiger partial charge in [0.05, 0.1) is 40.4 Å². The number of aromatic hydroxyl groups is 1. The molecule has 0 spiro atoms. The van der Waals surface area contributed by atoms with E-state index in [1.165, 1.54) is 13.2 Å². The summed E-state index contributed by atoms with van der Waals surface area (Å²) in [5, 5.41) is 20.7. The highest BCUT2D eigenvalue weighted by atomic mass is 35.5. The Labute approximate surface area is 189 Å². The second kappa shape index (κ2) is 8.18. The molecule has 8 heteroatoms. The van der Waals surface area contributed by atoms with E-state index in [-0.39, 0.29) is 28.7 Å². The van der Waals surface area contributed by atoms with Crippen LogP contribution in [0.3, 0.4) is 0 Å². The van der Waals surface area contributed by atoms with Gasteiger partial charge in [-0.05, 0) is 42.7 Å². The highest BCUT2D eigenvalue weighted by molar-refractivity contribution is 6.43. The molecule has 0 aromatic heterocycles. The Bertz CT molecular complexity index is 1200. The lowest BCUT2D eigenvalue weighted by Gasteiger charge is -2.40. The number of carbonyl (C=O) groups is 1. The largest absolute Gasteiger partial charge is 0.504 e. The summed E-state index contributed by atoms with van der Waals surface area (Å²) in [6.45, 7) is 0. The Balaban J connectivity index is 2.00. The first-order valence-electron chi connectivity index (χ1n) is 9.66. The molecule has 0 fully saturated rings. The van der Waals surface area contributed by atoms with Gasteiger partial charge in [-0.25, -0.2) is 0 Å². The van der Waals surface area contributed by atoms with E-state index in [0.29, 0.717) is 51.8 Å². The lowest BCUT2D eigenvalue weighted by Crippen LogP contribution is -2.38. The molecule has 31 heavy (non-hydrogen) atoms. The summed E-state index contributed by atoms with van der Waals surface area (Å²) in [6, 6.07) is 12.1. The maximum Gasteiger partial charge on any atom is 0.161 e. The minimum Gasteiger partial charge on any atom is -0.504 e. The summed E-state index contributed by atoms with van der Waals surface area (Å²) in [6.07, 6.45) is 1.63. The van der Waals surface area contributed by atoms with Crippen molar-refractivity contribution in [2.75, 3.05) is 12.0 Å². The van der Waals surface area contributed by atoms with Crippen molar-refractivity contribution < 1.29 is 14.6 Å². The van der Waals surface area contributed by atoms with Gasteiger partial charge in [0.2, 0.25) is 0 Å². The Morgan fingerprint density at radius 2 is 2.03 bits per heavy atom. The third kappa shape index (κ3) is 3.40. The lowest BCUT2D eigenvalue weighted by molar-refractivity contribution is -0.116. The van der Waals surface area contributed by atoms with Crippen molar-refractivity contribution in [3.05, 3.63) is 74.7 Å². The van der Waals surface area contributed by atoms with Gasteiger partial charge >= 0.3 is 0 Å². The van der Waals surface area contributed by atoms with Gasteiger partial charge in [0.1, 0.15) is 5.82 Å². The van der Waals surface area contributed by atoms with Gasteiger partial charge in [-0.1, -0.05) is 35.3 Å². The first-order valence-corrected chi connectivity index (χ1v) is 10.4. The Kier molecular flexibility index (Phi) is 5.57. The number of Topliss-reactive ketones (excluding diaryl/α,β-unsaturated/α-hetero) is 1. The van der Waals surface area contributed by atoms with E-state index in [4.69, 9.17) is 33.7 Å². The fourth-order valence-electron chi connectivity index (χ4n) is 4.23. The number of hydrogen-bond acceptors (Lipinski definition) is 6. The number of ketones is 1. The van der Waals surface area contributed by atoms with E-state index in [0.717, 1.165) is 0 Å².